The molecule has 8 nitrogen and oxygen atoms in total. The Bertz CT molecular complexity index is 1130. The Morgan fingerprint density at radius 2 is 1.76 bits per heavy atom. The molecule has 1 N–H and O–H groups in total. The lowest BCUT2D eigenvalue weighted by molar-refractivity contribution is -0.134. The summed E-state index contributed by atoms with van der Waals surface area (Å²) in [6.45, 7) is 0.897. The number of rotatable bonds is 8. The van der Waals surface area contributed by atoms with Crippen molar-refractivity contribution in [1.29, 1.82) is 0 Å². The van der Waals surface area contributed by atoms with Crippen LogP contribution in [0, 0.1) is 5.92 Å². The molecule has 4 rings (SSSR count). The van der Waals surface area contributed by atoms with E-state index in [0.29, 0.717) is 48.7 Å². The van der Waals surface area contributed by atoms with Crippen molar-refractivity contribution in [2.45, 2.75) is 12.8 Å². The van der Waals surface area contributed by atoms with E-state index in [0.717, 1.165) is 0 Å². The lowest BCUT2D eigenvalue weighted by Gasteiger charge is -2.31. The summed E-state index contributed by atoms with van der Waals surface area (Å²) in [6.07, 6.45) is 2.66. The first kappa shape index (κ1) is 23.1. The van der Waals surface area contributed by atoms with Crippen molar-refractivity contribution in [1.82, 2.24) is 4.90 Å². The van der Waals surface area contributed by atoms with Crippen LogP contribution in [0.25, 0.3) is 0 Å². The summed E-state index contributed by atoms with van der Waals surface area (Å²) in [5.74, 6) is 0.867. The van der Waals surface area contributed by atoms with Gasteiger partial charge in [-0.05, 0) is 61.4 Å². The van der Waals surface area contributed by atoms with Crippen molar-refractivity contribution in [2.75, 3.05) is 32.1 Å². The zero-order valence-electron chi connectivity index (χ0n) is 18.9. The maximum absolute atomic E-state index is 12.8. The second-order valence-corrected chi connectivity index (χ2v) is 8.00. The first-order chi connectivity index (χ1) is 16.5. The van der Waals surface area contributed by atoms with Gasteiger partial charge in [0.05, 0.1) is 13.4 Å². The van der Waals surface area contributed by atoms with Crippen LogP contribution in [0.1, 0.15) is 33.8 Å². The van der Waals surface area contributed by atoms with Gasteiger partial charge in [-0.3, -0.25) is 14.4 Å². The monoisotopic (exact) mass is 462 g/mol. The Labute approximate surface area is 197 Å². The number of hydrogen-bond acceptors (Lipinski definition) is 6. The van der Waals surface area contributed by atoms with E-state index in [9.17, 15) is 14.4 Å². The second-order valence-electron chi connectivity index (χ2n) is 8.00. The minimum Gasteiger partial charge on any atom is -0.497 e. The van der Waals surface area contributed by atoms with Crippen LogP contribution in [-0.2, 0) is 4.79 Å². The van der Waals surface area contributed by atoms with Crippen LogP contribution in [-0.4, -0.2) is 49.3 Å². The zero-order valence-corrected chi connectivity index (χ0v) is 18.9. The number of ketones is 1. The fraction of sp³-hybridized carbons (Fsp3) is 0.269. The van der Waals surface area contributed by atoms with E-state index in [1.54, 1.807) is 72.7 Å². The SMILES string of the molecule is COc1ccc(C(=O)C2CCN(C(=O)COc3cccc(NC(=O)c4ccco4)c3)CC2)cc1. The number of anilines is 1. The van der Waals surface area contributed by atoms with Crippen molar-refractivity contribution in [3.05, 3.63) is 78.3 Å². The molecule has 1 aliphatic rings. The van der Waals surface area contributed by atoms with Crippen LogP contribution in [0.4, 0.5) is 5.69 Å². The topological polar surface area (TPSA) is 98.1 Å². The van der Waals surface area contributed by atoms with Crippen LogP contribution < -0.4 is 14.8 Å². The largest absolute Gasteiger partial charge is 0.497 e. The summed E-state index contributed by atoms with van der Waals surface area (Å²) < 4.78 is 15.9. The molecule has 1 saturated heterocycles. The number of nitrogens with zero attached hydrogens (tertiary/aromatic N) is 1. The number of Topliss-reactive ketones (excluding diaryl/α,β-unsaturated/α-hetero) is 1. The molecule has 176 valence electrons. The van der Waals surface area contributed by atoms with Gasteiger partial charge in [0.1, 0.15) is 11.5 Å². The van der Waals surface area contributed by atoms with Crippen molar-refractivity contribution >= 4 is 23.3 Å². The van der Waals surface area contributed by atoms with E-state index in [1.807, 2.05) is 0 Å². The summed E-state index contributed by atoms with van der Waals surface area (Å²) in [5.41, 5.74) is 1.19. The molecule has 0 bridgehead atoms. The molecular weight excluding hydrogens is 436 g/mol. The van der Waals surface area contributed by atoms with Gasteiger partial charge in [-0.2, -0.15) is 0 Å². The third-order valence-corrected chi connectivity index (χ3v) is 5.79. The quantitative estimate of drug-likeness (QED) is 0.508. The van der Waals surface area contributed by atoms with Crippen LogP contribution in [0.3, 0.4) is 0 Å². The lowest BCUT2D eigenvalue weighted by Crippen LogP contribution is -2.42. The van der Waals surface area contributed by atoms with Gasteiger partial charge < -0.3 is 24.1 Å². The van der Waals surface area contributed by atoms with E-state index in [-0.39, 0.29) is 35.9 Å². The molecule has 0 unspecified atom stereocenters. The van der Waals surface area contributed by atoms with Gasteiger partial charge in [0.2, 0.25) is 0 Å². The molecule has 3 aromatic rings. The number of benzene rings is 2. The smallest absolute Gasteiger partial charge is 0.291 e. The van der Waals surface area contributed by atoms with Crippen LogP contribution in [0.5, 0.6) is 11.5 Å². The normalized spacial score (nSPS) is 13.9. The van der Waals surface area contributed by atoms with Crippen molar-refractivity contribution in [3.8, 4) is 11.5 Å². The zero-order chi connectivity index (χ0) is 23.9. The van der Waals surface area contributed by atoms with Gasteiger partial charge >= 0.3 is 0 Å². The Morgan fingerprint density at radius 3 is 2.44 bits per heavy atom. The number of nitrogens with one attached hydrogen (secondary N) is 1. The molecule has 2 heterocycles. The number of hydrogen-bond donors (Lipinski definition) is 1. The lowest BCUT2D eigenvalue weighted by atomic mass is 9.89. The summed E-state index contributed by atoms with van der Waals surface area (Å²) >= 11 is 0. The van der Waals surface area contributed by atoms with Gasteiger partial charge in [-0.15, -0.1) is 0 Å². The highest BCUT2D eigenvalue weighted by Crippen LogP contribution is 2.24. The summed E-state index contributed by atoms with van der Waals surface area (Å²) in [5, 5.41) is 2.72. The number of carbonyl (C=O) groups excluding carboxylic acids is 3. The average molecular weight is 463 g/mol. The third kappa shape index (κ3) is 5.64. The summed E-state index contributed by atoms with van der Waals surface area (Å²) in [4.78, 5) is 39.2. The number of carbonyl (C=O) groups is 3. The van der Waals surface area contributed by atoms with Gasteiger partial charge in [0.15, 0.2) is 18.2 Å². The predicted octanol–water partition coefficient (Wildman–Crippen LogP) is 4.04. The first-order valence-corrected chi connectivity index (χ1v) is 11.1. The highest BCUT2D eigenvalue weighted by molar-refractivity contribution is 6.02. The molecule has 2 aromatic carbocycles. The average Bonchev–Trinajstić information content (AvgIpc) is 3.43. The van der Waals surface area contributed by atoms with Gasteiger partial charge in [-0.25, -0.2) is 0 Å². The highest BCUT2D eigenvalue weighted by atomic mass is 16.5. The van der Waals surface area contributed by atoms with Crippen LogP contribution in [0.15, 0.2) is 71.3 Å². The van der Waals surface area contributed by atoms with Crippen molar-refractivity contribution < 1.29 is 28.3 Å². The van der Waals surface area contributed by atoms with Gasteiger partial charge in [0.25, 0.3) is 11.8 Å². The van der Waals surface area contributed by atoms with Gasteiger partial charge in [-0.1, -0.05) is 6.07 Å². The van der Waals surface area contributed by atoms with E-state index in [2.05, 4.69) is 5.32 Å². The Kier molecular flexibility index (Phi) is 7.27. The summed E-state index contributed by atoms with van der Waals surface area (Å²) in [6, 6.07) is 17.1. The number of furan rings is 1. The van der Waals surface area contributed by atoms with Crippen LogP contribution in [0.2, 0.25) is 0 Å². The molecule has 1 aromatic heterocycles. The van der Waals surface area contributed by atoms with E-state index < -0.39 is 0 Å². The third-order valence-electron chi connectivity index (χ3n) is 5.79. The van der Waals surface area contributed by atoms with Crippen molar-refractivity contribution in [3.63, 3.8) is 0 Å². The molecule has 1 fully saturated rings. The molecule has 34 heavy (non-hydrogen) atoms. The minimum atomic E-state index is -0.370. The molecule has 1 aliphatic heterocycles. The fourth-order valence-electron chi connectivity index (χ4n) is 3.88. The van der Waals surface area contributed by atoms with E-state index in [1.165, 1.54) is 6.26 Å². The number of amides is 2. The second kappa shape index (κ2) is 10.7. The standard InChI is InChI=1S/C26H26N2O6/c1-32-21-9-7-18(8-10-21)25(30)19-11-13-28(14-12-19)24(29)17-34-22-5-2-4-20(16-22)27-26(31)23-6-3-15-33-23/h2-10,15-16,19H,11-14,17H2,1H3,(H,27,31). The fourth-order valence-corrected chi connectivity index (χ4v) is 3.88. The molecule has 2 amide bonds. The Balaban J connectivity index is 1.25. The minimum absolute atomic E-state index is 0.0967. The molecule has 8 heteroatoms. The molecule has 0 aliphatic carbocycles. The Hall–Kier alpha value is -4.07. The highest BCUT2D eigenvalue weighted by Gasteiger charge is 2.28. The predicted molar refractivity (Wildman–Crippen MR) is 125 cm³/mol. The molecule has 0 radical (unpaired) electrons. The first-order valence-electron chi connectivity index (χ1n) is 11.1. The molecule has 0 atom stereocenters. The Morgan fingerprint density at radius 1 is 1.00 bits per heavy atom. The number of methoxy groups -OCH3 is 1. The number of piperidine rings is 1. The van der Waals surface area contributed by atoms with Gasteiger partial charge in [0, 0.05) is 36.3 Å². The van der Waals surface area contributed by atoms with E-state index >= 15 is 0 Å². The van der Waals surface area contributed by atoms with Crippen LogP contribution >= 0.6 is 0 Å². The number of likely N-dealkylation sites (tertiary alicyclic amines) is 1. The maximum Gasteiger partial charge on any atom is 0.291 e. The van der Waals surface area contributed by atoms with E-state index in [4.69, 9.17) is 13.9 Å². The summed E-state index contributed by atoms with van der Waals surface area (Å²) in [7, 11) is 1.59. The molecule has 0 spiro atoms. The maximum atomic E-state index is 12.8. The number of ether oxygens (including phenoxy) is 2. The van der Waals surface area contributed by atoms with Crippen molar-refractivity contribution in [2.24, 2.45) is 5.92 Å². The molecular formula is C26H26N2O6. The molecule has 0 saturated carbocycles.